The number of nitrogens with one attached hydrogen (secondary N) is 1. The molecule has 0 radical (unpaired) electrons. The SMILES string of the molecule is CC.CCN(C)CC.CN/N=C(\C)c1nn(C)c(-c2ccc3c(c2)CCC3)c1O.O=Cc1ccc(C=O)s1. The summed E-state index contributed by atoms with van der Waals surface area (Å²) in [4.78, 5) is 23.5. The van der Waals surface area contributed by atoms with E-state index < -0.39 is 0 Å². The van der Waals surface area contributed by atoms with E-state index in [1.165, 1.54) is 28.9 Å². The molecule has 2 heterocycles. The van der Waals surface area contributed by atoms with Gasteiger partial charge in [-0.1, -0.05) is 39.8 Å². The number of aryl methyl sites for hydroxylation is 3. The first-order valence-electron chi connectivity index (χ1n) is 13.1. The van der Waals surface area contributed by atoms with Gasteiger partial charge in [0, 0.05) is 19.7 Å². The molecule has 38 heavy (non-hydrogen) atoms. The van der Waals surface area contributed by atoms with Crippen LogP contribution in [0.4, 0.5) is 0 Å². The van der Waals surface area contributed by atoms with Crippen LogP contribution in [-0.4, -0.2) is 65.3 Å². The molecule has 0 amide bonds. The van der Waals surface area contributed by atoms with Crippen molar-refractivity contribution in [3.63, 3.8) is 0 Å². The number of benzene rings is 1. The maximum Gasteiger partial charge on any atom is 0.171 e. The summed E-state index contributed by atoms with van der Waals surface area (Å²) >= 11 is 1.20. The molecule has 208 valence electrons. The van der Waals surface area contributed by atoms with E-state index in [4.69, 9.17) is 0 Å². The Morgan fingerprint density at radius 3 is 2.16 bits per heavy atom. The van der Waals surface area contributed by atoms with Crippen LogP contribution in [-0.2, 0) is 19.9 Å². The predicted octanol–water partition coefficient (Wildman–Crippen LogP) is 5.58. The first-order valence-corrected chi connectivity index (χ1v) is 13.9. The summed E-state index contributed by atoms with van der Waals surface area (Å²) in [6, 6.07) is 9.66. The lowest BCUT2D eigenvalue weighted by molar-refractivity contribution is 0.112. The van der Waals surface area contributed by atoms with E-state index in [0.29, 0.717) is 21.2 Å². The van der Waals surface area contributed by atoms with Gasteiger partial charge in [-0.05, 0) is 75.6 Å². The summed E-state index contributed by atoms with van der Waals surface area (Å²) in [5.74, 6) is 0.187. The fourth-order valence-corrected chi connectivity index (χ4v) is 4.38. The van der Waals surface area contributed by atoms with E-state index in [2.05, 4.69) is 59.6 Å². The zero-order valence-corrected chi connectivity index (χ0v) is 24.9. The molecule has 0 fully saturated rings. The van der Waals surface area contributed by atoms with E-state index in [0.717, 1.165) is 49.8 Å². The molecular weight excluding hydrogens is 498 g/mol. The second-order valence-electron chi connectivity index (χ2n) is 8.39. The molecule has 3 aromatic rings. The molecule has 0 aliphatic heterocycles. The standard InChI is InChI=1S/C16H20N4O.C6H4O2S.C5H13N.C2H6/c1-10(18-17-2)14-16(21)15(20(3)19-14)13-8-7-11-5-4-6-12(11)9-13;7-3-5-1-2-6(4-8)9-5;1-4-6(3)5-2;1-2/h7-9,17,21H,4-6H2,1-3H3;1-4H;4-5H2,1-3H3;1-2H3/b18-10+;;;. The Bertz CT molecular complexity index is 1160. The Morgan fingerprint density at radius 2 is 1.68 bits per heavy atom. The number of rotatable bonds is 7. The van der Waals surface area contributed by atoms with Gasteiger partial charge in [-0.25, -0.2) is 0 Å². The number of aromatic hydroxyl groups is 1. The Morgan fingerprint density at radius 1 is 1.11 bits per heavy atom. The van der Waals surface area contributed by atoms with Crippen molar-refractivity contribution in [2.45, 2.75) is 53.9 Å². The summed E-state index contributed by atoms with van der Waals surface area (Å²) in [5.41, 5.74) is 8.46. The predicted molar refractivity (Wildman–Crippen MR) is 159 cm³/mol. The number of carbonyl (C=O) groups is 2. The lowest BCUT2D eigenvalue weighted by Gasteiger charge is -2.07. The Balaban J connectivity index is 0.000000351. The number of hydrogen-bond acceptors (Lipinski definition) is 8. The average Bonchev–Trinajstić information content (AvgIpc) is 3.68. The Kier molecular flexibility index (Phi) is 14.9. The van der Waals surface area contributed by atoms with Gasteiger partial charge in [0.2, 0.25) is 0 Å². The van der Waals surface area contributed by atoms with Crippen LogP contribution in [0, 0.1) is 0 Å². The largest absolute Gasteiger partial charge is 0.504 e. The van der Waals surface area contributed by atoms with Gasteiger partial charge in [0.15, 0.2) is 24.0 Å². The molecule has 4 rings (SSSR count). The number of nitrogens with zero attached hydrogens (tertiary/aromatic N) is 4. The van der Waals surface area contributed by atoms with E-state index in [1.807, 2.05) is 27.8 Å². The highest BCUT2D eigenvalue weighted by atomic mass is 32.1. The van der Waals surface area contributed by atoms with E-state index in [9.17, 15) is 14.7 Å². The monoisotopic (exact) mass is 541 g/mol. The van der Waals surface area contributed by atoms with Crippen LogP contribution in [0.2, 0.25) is 0 Å². The summed E-state index contributed by atoms with van der Waals surface area (Å²) in [6.45, 7) is 12.5. The number of hydrogen-bond donors (Lipinski definition) is 2. The van der Waals surface area contributed by atoms with Crippen molar-refractivity contribution >= 4 is 29.6 Å². The smallest absolute Gasteiger partial charge is 0.171 e. The molecule has 0 unspecified atom stereocenters. The van der Waals surface area contributed by atoms with Crippen LogP contribution in [0.5, 0.6) is 5.75 Å². The molecular formula is C29H43N5O3S. The number of thiophene rings is 1. The van der Waals surface area contributed by atoms with Crippen molar-refractivity contribution in [1.82, 2.24) is 20.1 Å². The third-order valence-corrected chi connectivity index (χ3v) is 6.91. The molecule has 2 aromatic heterocycles. The molecule has 0 atom stereocenters. The van der Waals surface area contributed by atoms with Crippen molar-refractivity contribution in [1.29, 1.82) is 0 Å². The highest BCUT2D eigenvalue weighted by molar-refractivity contribution is 7.15. The molecule has 1 aliphatic carbocycles. The normalized spacial score (nSPS) is 11.8. The summed E-state index contributed by atoms with van der Waals surface area (Å²) in [7, 11) is 5.68. The minimum atomic E-state index is 0.187. The molecule has 1 aromatic carbocycles. The van der Waals surface area contributed by atoms with Crippen LogP contribution < -0.4 is 5.43 Å². The number of aldehydes is 2. The molecule has 1 aliphatic rings. The number of aromatic nitrogens is 2. The lowest BCUT2D eigenvalue weighted by atomic mass is 10.0. The zero-order chi connectivity index (χ0) is 28.7. The molecule has 0 spiro atoms. The van der Waals surface area contributed by atoms with Crippen LogP contribution >= 0.6 is 11.3 Å². The van der Waals surface area contributed by atoms with Crippen molar-refractivity contribution in [2.24, 2.45) is 12.1 Å². The van der Waals surface area contributed by atoms with Crippen LogP contribution in [0.3, 0.4) is 0 Å². The van der Waals surface area contributed by atoms with Crippen LogP contribution in [0.25, 0.3) is 11.3 Å². The first kappa shape index (κ1) is 32.7. The number of hydrazone groups is 1. The molecule has 0 saturated heterocycles. The lowest BCUT2D eigenvalue weighted by Crippen LogP contribution is -2.15. The molecule has 8 nitrogen and oxygen atoms in total. The van der Waals surface area contributed by atoms with E-state index in [-0.39, 0.29) is 5.75 Å². The quantitative estimate of drug-likeness (QED) is 0.230. The van der Waals surface area contributed by atoms with Crippen molar-refractivity contribution < 1.29 is 14.7 Å². The highest BCUT2D eigenvalue weighted by Gasteiger charge is 2.20. The third kappa shape index (κ3) is 9.22. The number of carbonyl (C=O) groups excluding carboxylic acids is 2. The van der Waals surface area contributed by atoms with Gasteiger partial charge < -0.3 is 15.4 Å². The second-order valence-corrected chi connectivity index (χ2v) is 9.54. The average molecular weight is 542 g/mol. The fourth-order valence-electron chi connectivity index (χ4n) is 3.74. The maximum atomic E-state index is 10.5. The Hall–Kier alpha value is -3.30. The zero-order valence-electron chi connectivity index (χ0n) is 24.0. The van der Waals surface area contributed by atoms with Crippen molar-refractivity contribution in [3.8, 4) is 17.0 Å². The summed E-state index contributed by atoms with van der Waals surface area (Å²) < 4.78 is 1.72. The minimum Gasteiger partial charge on any atom is -0.504 e. The van der Waals surface area contributed by atoms with Gasteiger partial charge in [0.05, 0.1) is 15.5 Å². The third-order valence-electron chi connectivity index (χ3n) is 5.98. The maximum absolute atomic E-state index is 10.5. The van der Waals surface area contributed by atoms with Crippen LogP contribution in [0.1, 0.15) is 77.2 Å². The highest BCUT2D eigenvalue weighted by Crippen LogP contribution is 2.34. The summed E-state index contributed by atoms with van der Waals surface area (Å²) in [5, 5.41) is 19.0. The van der Waals surface area contributed by atoms with Crippen LogP contribution in [0.15, 0.2) is 35.4 Å². The topological polar surface area (TPSA) is 99.8 Å². The molecule has 0 bridgehead atoms. The van der Waals surface area contributed by atoms with Crippen molar-refractivity contribution in [2.75, 3.05) is 27.2 Å². The molecule has 0 saturated carbocycles. The second kappa shape index (κ2) is 17.3. The van der Waals surface area contributed by atoms with Gasteiger partial charge >= 0.3 is 0 Å². The van der Waals surface area contributed by atoms with E-state index in [1.54, 1.807) is 23.9 Å². The minimum absolute atomic E-state index is 0.187. The fraction of sp³-hybridized carbons (Fsp3) is 0.448. The summed E-state index contributed by atoms with van der Waals surface area (Å²) in [6.07, 6.45) is 4.96. The first-order chi connectivity index (χ1) is 18.3. The molecule has 2 N–H and O–H groups in total. The number of fused-ring (bicyclic) bond motifs is 1. The molecule has 9 heteroatoms. The van der Waals surface area contributed by atoms with Gasteiger partial charge in [-0.2, -0.15) is 10.2 Å². The van der Waals surface area contributed by atoms with Crippen molar-refractivity contribution in [3.05, 3.63) is 56.9 Å². The van der Waals surface area contributed by atoms with Gasteiger partial charge in [0.25, 0.3) is 0 Å². The van der Waals surface area contributed by atoms with Gasteiger partial charge in [0.1, 0.15) is 5.69 Å². The Labute approximate surface area is 231 Å². The van der Waals surface area contributed by atoms with Gasteiger partial charge in [-0.15, -0.1) is 11.3 Å². The van der Waals surface area contributed by atoms with E-state index >= 15 is 0 Å². The van der Waals surface area contributed by atoms with Gasteiger partial charge in [-0.3, -0.25) is 14.3 Å².